The predicted octanol–water partition coefficient (Wildman–Crippen LogP) is 3.10. The first-order valence-electron chi connectivity index (χ1n) is 5.54. The van der Waals surface area contributed by atoms with Gasteiger partial charge in [-0.2, -0.15) is 0 Å². The molecule has 16 heavy (non-hydrogen) atoms. The topological polar surface area (TPSA) is 43.7 Å². The zero-order valence-electron chi connectivity index (χ0n) is 9.28. The Bertz CT molecular complexity index is 364. The Labute approximate surface area is 104 Å². The molecule has 2 N–H and O–H groups in total. The minimum Gasteiger partial charge on any atom is -0.507 e. The molecule has 1 heterocycles. The van der Waals surface area contributed by atoms with Gasteiger partial charge < -0.3 is 15.1 Å². The normalized spacial score (nSPS) is 17.8. The first kappa shape index (κ1) is 11.6. The molecule has 1 aromatic carbocycles. The van der Waals surface area contributed by atoms with Gasteiger partial charge in [-0.05, 0) is 34.7 Å². The summed E-state index contributed by atoms with van der Waals surface area (Å²) < 4.78 is 0.363. The van der Waals surface area contributed by atoms with Crippen molar-refractivity contribution in [3.8, 4) is 11.5 Å². The molecule has 0 amide bonds. The highest BCUT2D eigenvalue weighted by Crippen LogP contribution is 2.38. The van der Waals surface area contributed by atoms with E-state index in [0.29, 0.717) is 4.47 Å². The lowest BCUT2D eigenvalue weighted by Gasteiger charge is -2.32. The average Bonchev–Trinajstić information content (AvgIpc) is 2.26. The van der Waals surface area contributed by atoms with Crippen molar-refractivity contribution in [2.24, 2.45) is 5.92 Å². The van der Waals surface area contributed by atoms with Crippen LogP contribution in [0.1, 0.15) is 19.8 Å². The number of hydrogen-bond donors (Lipinski definition) is 2. The Morgan fingerprint density at radius 3 is 2.19 bits per heavy atom. The maximum Gasteiger partial charge on any atom is 0.135 e. The van der Waals surface area contributed by atoms with Crippen molar-refractivity contribution < 1.29 is 10.2 Å². The second-order valence-corrected chi connectivity index (χ2v) is 5.26. The zero-order chi connectivity index (χ0) is 11.7. The second-order valence-electron chi connectivity index (χ2n) is 4.47. The van der Waals surface area contributed by atoms with Crippen molar-refractivity contribution in [3.63, 3.8) is 0 Å². The monoisotopic (exact) mass is 285 g/mol. The van der Waals surface area contributed by atoms with Gasteiger partial charge in [0.25, 0.3) is 0 Å². The van der Waals surface area contributed by atoms with Crippen LogP contribution in [0.2, 0.25) is 0 Å². The Morgan fingerprint density at radius 2 is 1.69 bits per heavy atom. The van der Waals surface area contributed by atoms with E-state index >= 15 is 0 Å². The lowest BCUT2D eigenvalue weighted by atomic mass is 9.99. The molecule has 1 aromatic rings. The third-order valence-electron chi connectivity index (χ3n) is 3.17. The standard InChI is InChI=1S/C12H16BrNO2/c1-8-2-4-14(5-3-8)9-6-10(15)12(13)11(16)7-9/h6-8,15-16H,2-5H2,1H3. The van der Waals surface area contributed by atoms with Crippen LogP contribution < -0.4 is 4.90 Å². The molecule has 0 aliphatic carbocycles. The van der Waals surface area contributed by atoms with Crippen LogP contribution in [0.4, 0.5) is 5.69 Å². The van der Waals surface area contributed by atoms with Crippen molar-refractivity contribution in [1.29, 1.82) is 0 Å². The van der Waals surface area contributed by atoms with Gasteiger partial charge in [-0.25, -0.2) is 0 Å². The third kappa shape index (κ3) is 2.26. The van der Waals surface area contributed by atoms with Gasteiger partial charge in [0.2, 0.25) is 0 Å². The van der Waals surface area contributed by atoms with E-state index in [1.165, 1.54) is 0 Å². The van der Waals surface area contributed by atoms with E-state index in [9.17, 15) is 10.2 Å². The number of aromatic hydroxyl groups is 2. The summed E-state index contributed by atoms with van der Waals surface area (Å²) in [7, 11) is 0. The van der Waals surface area contributed by atoms with Gasteiger partial charge in [0, 0.05) is 30.9 Å². The number of halogens is 1. The van der Waals surface area contributed by atoms with Crippen molar-refractivity contribution in [3.05, 3.63) is 16.6 Å². The summed E-state index contributed by atoms with van der Waals surface area (Å²) in [5, 5.41) is 19.3. The number of rotatable bonds is 1. The van der Waals surface area contributed by atoms with Crippen LogP contribution in [0, 0.1) is 5.92 Å². The molecule has 0 bridgehead atoms. The van der Waals surface area contributed by atoms with E-state index < -0.39 is 0 Å². The number of phenolic OH excluding ortho intramolecular Hbond substituents is 2. The zero-order valence-corrected chi connectivity index (χ0v) is 10.9. The molecule has 0 aromatic heterocycles. The van der Waals surface area contributed by atoms with Crippen LogP contribution in [-0.2, 0) is 0 Å². The van der Waals surface area contributed by atoms with Gasteiger partial charge in [0.1, 0.15) is 16.0 Å². The molecule has 1 aliphatic heterocycles. The number of nitrogens with zero attached hydrogens (tertiary/aromatic N) is 1. The minimum absolute atomic E-state index is 0.0913. The summed E-state index contributed by atoms with van der Waals surface area (Å²) in [4.78, 5) is 2.20. The first-order chi connectivity index (χ1) is 7.58. The summed E-state index contributed by atoms with van der Waals surface area (Å²) >= 11 is 3.13. The van der Waals surface area contributed by atoms with E-state index in [2.05, 4.69) is 27.8 Å². The molecule has 1 saturated heterocycles. The summed E-state index contributed by atoms with van der Waals surface area (Å²) in [5.41, 5.74) is 0.894. The summed E-state index contributed by atoms with van der Waals surface area (Å²) in [6.45, 7) is 4.23. The van der Waals surface area contributed by atoms with Crippen LogP contribution in [0.25, 0.3) is 0 Å². The summed E-state index contributed by atoms with van der Waals surface area (Å²) in [5.74, 6) is 0.955. The number of benzene rings is 1. The fourth-order valence-electron chi connectivity index (χ4n) is 2.03. The molecule has 0 unspecified atom stereocenters. The maximum absolute atomic E-state index is 9.63. The lowest BCUT2D eigenvalue weighted by Crippen LogP contribution is -2.32. The Morgan fingerprint density at radius 1 is 1.19 bits per heavy atom. The lowest BCUT2D eigenvalue weighted by molar-refractivity contribution is 0.431. The highest BCUT2D eigenvalue weighted by molar-refractivity contribution is 9.10. The highest BCUT2D eigenvalue weighted by atomic mass is 79.9. The van der Waals surface area contributed by atoms with Crippen molar-refractivity contribution in [2.75, 3.05) is 18.0 Å². The summed E-state index contributed by atoms with van der Waals surface area (Å²) in [6, 6.07) is 3.39. The number of phenols is 2. The van der Waals surface area contributed by atoms with E-state index in [1.54, 1.807) is 12.1 Å². The van der Waals surface area contributed by atoms with Crippen LogP contribution in [0.5, 0.6) is 11.5 Å². The molecule has 1 aliphatic rings. The molecular formula is C12H16BrNO2. The fraction of sp³-hybridized carbons (Fsp3) is 0.500. The second kappa shape index (κ2) is 4.53. The van der Waals surface area contributed by atoms with E-state index in [0.717, 1.165) is 37.5 Å². The molecule has 1 fully saturated rings. The number of hydrogen-bond acceptors (Lipinski definition) is 3. The molecule has 2 rings (SSSR count). The third-order valence-corrected chi connectivity index (χ3v) is 3.98. The summed E-state index contributed by atoms with van der Waals surface area (Å²) in [6.07, 6.45) is 2.33. The molecule has 88 valence electrons. The number of anilines is 1. The van der Waals surface area contributed by atoms with Gasteiger partial charge in [0.05, 0.1) is 0 Å². The molecule has 0 spiro atoms. The molecular weight excluding hydrogens is 270 g/mol. The predicted molar refractivity (Wildman–Crippen MR) is 68.1 cm³/mol. The maximum atomic E-state index is 9.63. The van der Waals surface area contributed by atoms with Gasteiger partial charge in [0.15, 0.2) is 0 Å². The van der Waals surface area contributed by atoms with Crippen LogP contribution in [0.15, 0.2) is 16.6 Å². The molecule has 3 nitrogen and oxygen atoms in total. The molecule has 0 saturated carbocycles. The van der Waals surface area contributed by atoms with Crippen molar-refractivity contribution in [1.82, 2.24) is 0 Å². The van der Waals surface area contributed by atoms with Gasteiger partial charge in [-0.15, -0.1) is 0 Å². The van der Waals surface area contributed by atoms with Crippen LogP contribution in [0.3, 0.4) is 0 Å². The van der Waals surface area contributed by atoms with E-state index in [1.807, 2.05) is 0 Å². The smallest absolute Gasteiger partial charge is 0.135 e. The highest BCUT2D eigenvalue weighted by Gasteiger charge is 2.18. The quantitative estimate of drug-likeness (QED) is 0.833. The first-order valence-corrected chi connectivity index (χ1v) is 6.33. The fourth-order valence-corrected chi connectivity index (χ4v) is 2.26. The van der Waals surface area contributed by atoms with E-state index in [4.69, 9.17) is 0 Å². The number of piperidine rings is 1. The van der Waals surface area contributed by atoms with E-state index in [-0.39, 0.29) is 11.5 Å². The largest absolute Gasteiger partial charge is 0.507 e. The Hall–Kier alpha value is -0.900. The van der Waals surface area contributed by atoms with Gasteiger partial charge >= 0.3 is 0 Å². The van der Waals surface area contributed by atoms with Crippen LogP contribution >= 0.6 is 15.9 Å². The average molecular weight is 286 g/mol. The van der Waals surface area contributed by atoms with Crippen LogP contribution in [-0.4, -0.2) is 23.3 Å². The van der Waals surface area contributed by atoms with Crippen molar-refractivity contribution >= 4 is 21.6 Å². The Kier molecular flexibility index (Phi) is 3.28. The molecule has 4 heteroatoms. The van der Waals surface area contributed by atoms with Gasteiger partial charge in [-0.3, -0.25) is 0 Å². The molecule has 0 radical (unpaired) electrons. The Balaban J connectivity index is 2.21. The molecule has 0 atom stereocenters. The minimum atomic E-state index is 0.0913. The van der Waals surface area contributed by atoms with Gasteiger partial charge in [-0.1, -0.05) is 6.92 Å². The SMILES string of the molecule is CC1CCN(c2cc(O)c(Br)c(O)c2)CC1. The van der Waals surface area contributed by atoms with Crippen molar-refractivity contribution in [2.45, 2.75) is 19.8 Å².